The summed E-state index contributed by atoms with van der Waals surface area (Å²) in [6.07, 6.45) is 2.36. The van der Waals surface area contributed by atoms with Gasteiger partial charge in [0.25, 0.3) is 0 Å². The van der Waals surface area contributed by atoms with Crippen molar-refractivity contribution >= 4 is 11.3 Å². The lowest BCUT2D eigenvalue weighted by molar-refractivity contribution is 0.475. The zero-order chi connectivity index (χ0) is 18.7. The van der Waals surface area contributed by atoms with Gasteiger partial charge in [-0.1, -0.05) is 39.8 Å². The predicted molar refractivity (Wildman–Crippen MR) is 109 cm³/mol. The van der Waals surface area contributed by atoms with E-state index in [0.717, 1.165) is 28.3 Å². The van der Waals surface area contributed by atoms with Gasteiger partial charge in [-0.15, -0.1) is 0 Å². The molecule has 0 aromatic heterocycles. The molecule has 0 aliphatic carbocycles. The average molecular weight is 338 g/mol. The summed E-state index contributed by atoms with van der Waals surface area (Å²) in [5.41, 5.74) is 12.7. The molecule has 0 amide bonds. The minimum absolute atomic E-state index is 0.469. The quantitative estimate of drug-likeness (QED) is 0.617. The molecule has 2 N–H and O–H groups in total. The van der Waals surface area contributed by atoms with E-state index < -0.39 is 0 Å². The molecule has 0 fully saturated rings. The molecule has 0 radical (unpaired) electrons. The topological polar surface area (TPSA) is 35.2 Å². The number of nitrogens with two attached hydrogens (primary N) is 1. The number of anilines is 1. The number of benzene rings is 2. The van der Waals surface area contributed by atoms with Gasteiger partial charge in [-0.3, -0.25) is 0 Å². The number of ether oxygens (including phenoxy) is 1. The van der Waals surface area contributed by atoms with Crippen LogP contribution in [0.3, 0.4) is 0 Å². The lowest BCUT2D eigenvalue weighted by Gasteiger charge is -2.18. The van der Waals surface area contributed by atoms with Crippen molar-refractivity contribution in [1.82, 2.24) is 0 Å². The minimum Gasteiger partial charge on any atom is -0.457 e. The SMILES string of the molecule is Cc1ccc(Oc2c(C)cc(N)cc2C)cc1/C(=C\C(C)C)C(C)C. The van der Waals surface area contributed by atoms with Crippen LogP contribution < -0.4 is 10.5 Å². The summed E-state index contributed by atoms with van der Waals surface area (Å²) >= 11 is 0. The molecular weight excluding hydrogens is 306 g/mol. The van der Waals surface area contributed by atoms with Gasteiger partial charge in [0.1, 0.15) is 11.5 Å². The van der Waals surface area contributed by atoms with Gasteiger partial charge in [-0.05, 0) is 84.7 Å². The van der Waals surface area contributed by atoms with E-state index in [4.69, 9.17) is 10.5 Å². The first-order valence-electron chi connectivity index (χ1n) is 9.06. The second kappa shape index (κ2) is 7.77. The van der Waals surface area contributed by atoms with Crippen LogP contribution in [-0.2, 0) is 0 Å². The van der Waals surface area contributed by atoms with E-state index in [1.54, 1.807) is 0 Å². The van der Waals surface area contributed by atoms with Gasteiger partial charge in [-0.25, -0.2) is 0 Å². The zero-order valence-corrected chi connectivity index (χ0v) is 16.6. The number of nitrogen functional groups attached to an aromatic ring is 1. The van der Waals surface area contributed by atoms with Gasteiger partial charge in [-0.2, -0.15) is 0 Å². The first-order valence-corrected chi connectivity index (χ1v) is 9.06. The molecular formula is C23H31NO. The van der Waals surface area contributed by atoms with Crippen molar-refractivity contribution in [2.75, 3.05) is 5.73 Å². The molecule has 0 unspecified atom stereocenters. The van der Waals surface area contributed by atoms with Gasteiger partial charge in [0.05, 0.1) is 0 Å². The van der Waals surface area contributed by atoms with Gasteiger partial charge < -0.3 is 10.5 Å². The highest BCUT2D eigenvalue weighted by Crippen LogP contribution is 2.34. The lowest BCUT2D eigenvalue weighted by Crippen LogP contribution is -2.00. The second-order valence-corrected chi connectivity index (χ2v) is 7.58. The normalized spacial score (nSPS) is 12.1. The Balaban J connectivity index is 2.46. The van der Waals surface area contributed by atoms with Crippen LogP contribution in [0.2, 0.25) is 0 Å². The molecule has 0 aliphatic rings. The summed E-state index contributed by atoms with van der Waals surface area (Å²) in [6.45, 7) is 15.2. The average Bonchev–Trinajstić information content (AvgIpc) is 2.49. The van der Waals surface area contributed by atoms with Crippen molar-refractivity contribution in [2.45, 2.75) is 48.5 Å². The van der Waals surface area contributed by atoms with E-state index in [-0.39, 0.29) is 0 Å². The molecule has 2 nitrogen and oxygen atoms in total. The molecule has 2 aromatic rings. The molecule has 2 aromatic carbocycles. The maximum atomic E-state index is 6.24. The van der Waals surface area contributed by atoms with Crippen molar-refractivity contribution in [3.63, 3.8) is 0 Å². The lowest BCUT2D eigenvalue weighted by atomic mass is 9.89. The van der Waals surface area contributed by atoms with Crippen LogP contribution in [0.5, 0.6) is 11.5 Å². The first-order chi connectivity index (χ1) is 11.7. The van der Waals surface area contributed by atoms with Gasteiger partial charge >= 0.3 is 0 Å². The van der Waals surface area contributed by atoms with Crippen molar-refractivity contribution < 1.29 is 4.74 Å². The fourth-order valence-corrected chi connectivity index (χ4v) is 3.19. The fourth-order valence-electron chi connectivity index (χ4n) is 3.19. The molecule has 134 valence electrons. The summed E-state index contributed by atoms with van der Waals surface area (Å²) in [5, 5.41) is 0. The number of aryl methyl sites for hydroxylation is 3. The Morgan fingerprint density at radius 1 is 0.920 bits per heavy atom. The first kappa shape index (κ1) is 19.1. The van der Waals surface area contributed by atoms with E-state index >= 15 is 0 Å². The summed E-state index contributed by atoms with van der Waals surface area (Å²) < 4.78 is 6.24. The summed E-state index contributed by atoms with van der Waals surface area (Å²) in [6, 6.07) is 10.3. The monoisotopic (exact) mass is 337 g/mol. The highest BCUT2D eigenvalue weighted by Gasteiger charge is 2.13. The highest BCUT2D eigenvalue weighted by molar-refractivity contribution is 5.71. The molecule has 2 heteroatoms. The van der Waals surface area contributed by atoms with Gasteiger partial charge in [0, 0.05) is 5.69 Å². The van der Waals surface area contributed by atoms with Crippen LogP contribution in [-0.4, -0.2) is 0 Å². The third-order valence-electron chi connectivity index (χ3n) is 4.36. The van der Waals surface area contributed by atoms with Crippen LogP contribution in [0.25, 0.3) is 5.57 Å². The van der Waals surface area contributed by atoms with Crippen molar-refractivity contribution in [2.24, 2.45) is 11.8 Å². The molecule has 0 bridgehead atoms. The Labute approximate surface area is 152 Å². The van der Waals surface area contributed by atoms with E-state index in [1.165, 1.54) is 16.7 Å². The van der Waals surface area contributed by atoms with Crippen LogP contribution in [0, 0.1) is 32.6 Å². The minimum atomic E-state index is 0.469. The second-order valence-electron chi connectivity index (χ2n) is 7.58. The summed E-state index contributed by atoms with van der Waals surface area (Å²) in [5.74, 6) is 2.74. The molecule has 0 saturated heterocycles. The smallest absolute Gasteiger partial charge is 0.133 e. The number of allylic oxidation sites excluding steroid dienone is 2. The maximum absolute atomic E-state index is 6.24. The Kier molecular flexibility index (Phi) is 5.94. The Bertz CT molecular complexity index is 762. The third kappa shape index (κ3) is 4.66. The Morgan fingerprint density at radius 3 is 2.04 bits per heavy atom. The summed E-state index contributed by atoms with van der Waals surface area (Å²) in [4.78, 5) is 0. The highest BCUT2D eigenvalue weighted by atomic mass is 16.5. The molecule has 0 saturated carbocycles. The van der Waals surface area contributed by atoms with Crippen LogP contribution in [0.4, 0.5) is 5.69 Å². The third-order valence-corrected chi connectivity index (χ3v) is 4.36. The Morgan fingerprint density at radius 2 is 1.52 bits per heavy atom. The van der Waals surface area contributed by atoms with Crippen LogP contribution >= 0.6 is 0 Å². The number of hydrogen-bond acceptors (Lipinski definition) is 2. The largest absolute Gasteiger partial charge is 0.457 e. The van der Waals surface area contributed by atoms with Gasteiger partial charge in [0.2, 0.25) is 0 Å². The molecule has 0 spiro atoms. The molecule has 2 rings (SSSR count). The number of hydrogen-bond donors (Lipinski definition) is 1. The molecule has 0 atom stereocenters. The van der Waals surface area contributed by atoms with Gasteiger partial charge in [0.15, 0.2) is 0 Å². The van der Waals surface area contributed by atoms with E-state index in [2.05, 4.69) is 52.8 Å². The number of rotatable bonds is 5. The Hall–Kier alpha value is -2.22. The van der Waals surface area contributed by atoms with E-state index in [1.807, 2.05) is 32.0 Å². The summed E-state index contributed by atoms with van der Waals surface area (Å²) in [7, 11) is 0. The molecule has 25 heavy (non-hydrogen) atoms. The zero-order valence-electron chi connectivity index (χ0n) is 16.6. The molecule has 0 aliphatic heterocycles. The molecule has 0 heterocycles. The van der Waals surface area contributed by atoms with E-state index in [9.17, 15) is 0 Å². The van der Waals surface area contributed by atoms with E-state index in [0.29, 0.717) is 11.8 Å². The predicted octanol–water partition coefficient (Wildman–Crippen LogP) is 6.68. The maximum Gasteiger partial charge on any atom is 0.133 e. The fraction of sp³-hybridized carbons (Fsp3) is 0.391. The standard InChI is InChI=1S/C23H31NO/c1-14(2)10-21(15(3)4)22-13-20(9-8-16(22)5)25-23-17(6)11-19(24)12-18(23)7/h8-15H,24H2,1-7H3/b21-10-. The van der Waals surface area contributed by atoms with Crippen molar-refractivity contribution in [1.29, 1.82) is 0 Å². The van der Waals surface area contributed by atoms with Crippen molar-refractivity contribution in [3.8, 4) is 11.5 Å². The van der Waals surface area contributed by atoms with Crippen molar-refractivity contribution in [3.05, 3.63) is 58.7 Å². The van der Waals surface area contributed by atoms with Crippen LogP contribution in [0.15, 0.2) is 36.4 Å². The van der Waals surface area contributed by atoms with Crippen LogP contribution in [0.1, 0.15) is 49.9 Å².